The van der Waals surface area contributed by atoms with Crippen LogP contribution in [0.25, 0.3) is 0 Å². The Bertz CT molecular complexity index is 1320. The molecule has 0 spiro atoms. The SMILES string of the molecule is CC1=C(OC(=O)OCCC(=O)OCc2ccccc2)C(c2cccc([N+](=O)[O-])c2)C(OC(=O)OC(C)C)=C(C)N1. The van der Waals surface area contributed by atoms with Gasteiger partial charge in [0.1, 0.15) is 30.6 Å². The van der Waals surface area contributed by atoms with Gasteiger partial charge in [-0.2, -0.15) is 0 Å². The maximum absolute atomic E-state index is 12.6. The van der Waals surface area contributed by atoms with E-state index in [9.17, 15) is 24.5 Å². The molecule has 0 radical (unpaired) electrons. The molecule has 1 atom stereocenters. The lowest BCUT2D eigenvalue weighted by Crippen LogP contribution is -2.29. The number of nitro groups is 1. The Morgan fingerprint density at radius 2 is 1.57 bits per heavy atom. The molecule has 0 fully saturated rings. The monoisotopic (exact) mass is 554 g/mol. The predicted molar refractivity (Wildman–Crippen MR) is 140 cm³/mol. The van der Waals surface area contributed by atoms with Crippen LogP contribution in [0.1, 0.15) is 51.2 Å². The highest BCUT2D eigenvalue weighted by Gasteiger charge is 2.36. The standard InChI is InChI=1S/C28H30N2O10/c1-17(2)38-28(33)40-26-19(4)29-18(3)25(24(26)21-11-8-12-22(15-21)30(34)35)39-27(32)36-14-13-23(31)37-16-20-9-6-5-7-10-20/h5-12,15,17,24,29H,13-14,16H2,1-4H3. The van der Waals surface area contributed by atoms with E-state index in [4.69, 9.17) is 23.7 Å². The Balaban J connectivity index is 1.74. The van der Waals surface area contributed by atoms with Gasteiger partial charge in [0.2, 0.25) is 0 Å². The van der Waals surface area contributed by atoms with E-state index in [1.165, 1.54) is 18.2 Å². The fourth-order valence-corrected chi connectivity index (χ4v) is 3.80. The first-order chi connectivity index (χ1) is 19.0. The molecule has 0 aliphatic carbocycles. The number of nitrogens with zero attached hydrogens (tertiary/aromatic N) is 1. The van der Waals surface area contributed by atoms with Crippen LogP contribution in [0.15, 0.2) is 77.5 Å². The van der Waals surface area contributed by atoms with E-state index in [1.807, 2.05) is 30.3 Å². The number of hydrogen-bond donors (Lipinski definition) is 1. The maximum Gasteiger partial charge on any atom is 0.513 e. The summed E-state index contributed by atoms with van der Waals surface area (Å²) in [6, 6.07) is 14.7. The molecule has 3 rings (SSSR count). The number of dihydropyridines is 1. The maximum atomic E-state index is 12.6. The molecule has 12 nitrogen and oxygen atoms in total. The van der Waals surface area contributed by atoms with E-state index in [1.54, 1.807) is 33.8 Å². The summed E-state index contributed by atoms with van der Waals surface area (Å²) in [6.07, 6.45) is -2.81. The van der Waals surface area contributed by atoms with Crippen LogP contribution < -0.4 is 5.32 Å². The van der Waals surface area contributed by atoms with Crippen LogP contribution >= 0.6 is 0 Å². The Morgan fingerprint density at radius 1 is 0.925 bits per heavy atom. The second kappa shape index (κ2) is 13.8. The molecule has 2 aromatic rings. The van der Waals surface area contributed by atoms with Gasteiger partial charge in [0.05, 0.1) is 28.8 Å². The van der Waals surface area contributed by atoms with E-state index in [0.29, 0.717) is 17.0 Å². The lowest BCUT2D eigenvalue weighted by molar-refractivity contribution is -0.384. The number of carbonyl (C=O) groups excluding carboxylic acids is 3. The number of hydrogen-bond acceptors (Lipinski definition) is 11. The van der Waals surface area contributed by atoms with Crippen LogP contribution in [0.3, 0.4) is 0 Å². The van der Waals surface area contributed by atoms with Crippen molar-refractivity contribution in [2.24, 2.45) is 0 Å². The third-order valence-electron chi connectivity index (χ3n) is 5.54. The molecule has 40 heavy (non-hydrogen) atoms. The van der Waals surface area contributed by atoms with Gasteiger partial charge in [-0.1, -0.05) is 42.5 Å². The molecular weight excluding hydrogens is 524 g/mol. The molecule has 212 valence electrons. The van der Waals surface area contributed by atoms with Gasteiger partial charge >= 0.3 is 18.3 Å². The molecule has 1 unspecified atom stereocenters. The van der Waals surface area contributed by atoms with Crippen molar-refractivity contribution in [3.05, 3.63) is 98.8 Å². The molecule has 0 saturated carbocycles. The summed E-state index contributed by atoms with van der Waals surface area (Å²) in [5.74, 6) is -1.61. The number of ether oxygens (including phenoxy) is 5. The zero-order chi connectivity index (χ0) is 29.2. The minimum absolute atomic E-state index is 0.0176. The predicted octanol–water partition coefficient (Wildman–Crippen LogP) is 5.59. The molecule has 2 aromatic carbocycles. The van der Waals surface area contributed by atoms with Gasteiger partial charge in [0, 0.05) is 12.1 Å². The normalized spacial score (nSPS) is 14.8. The second-order valence-corrected chi connectivity index (χ2v) is 9.00. The first-order valence-corrected chi connectivity index (χ1v) is 12.4. The molecule has 0 bridgehead atoms. The number of allylic oxidation sites excluding steroid dienone is 2. The summed E-state index contributed by atoms with van der Waals surface area (Å²) in [5.41, 5.74) is 1.68. The first-order valence-electron chi connectivity index (χ1n) is 12.4. The molecule has 0 saturated heterocycles. The van der Waals surface area contributed by atoms with Gasteiger partial charge in [0.25, 0.3) is 5.69 Å². The van der Waals surface area contributed by atoms with Crippen LogP contribution in [-0.4, -0.2) is 35.9 Å². The average Bonchev–Trinajstić information content (AvgIpc) is 2.90. The number of nitrogens with one attached hydrogen (secondary N) is 1. The summed E-state index contributed by atoms with van der Waals surface area (Å²) >= 11 is 0. The van der Waals surface area contributed by atoms with Gasteiger partial charge in [-0.05, 0) is 38.8 Å². The number of nitro benzene ring substituents is 1. The van der Waals surface area contributed by atoms with Gasteiger partial charge in [-0.15, -0.1) is 0 Å². The van der Waals surface area contributed by atoms with E-state index in [0.717, 1.165) is 5.56 Å². The molecule has 1 aliphatic heterocycles. The zero-order valence-corrected chi connectivity index (χ0v) is 22.5. The summed E-state index contributed by atoms with van der Waals surface area (Å²) in [7, 11) is 0. The highest BCUT2D eigenvalue weighted by molar-refractivity contribution is 5.70. The van der Waals surface area contributed by atoms with Crippen molar-refractivity contribution >= 4 is 24.0 Å². The van der Waals surface area contributed by atoms with Gasteiger partial charge < -0.3 is 29.0 Å². The first kappa shape index (κ1) is 29.7. The third kappa shape index (κ3) is 8.32. The summed E-state index contributed by atoms with van der Waals surface area (Å²) in [4.78, 5) is 47.9. The van der Waals surface area contributed by atoms with Crippen LogP contribution in [0, 0.1) is 10.1 Å². The summed E-state index contributed by atoms with van der Waals surface area (Å²) < 4.78 is 26.3. The van der Waals surface area contributed by atoms with Crippen molar-refractivity contribution in [2.45, 2.75) is 52.7 Å². The highest BCUT2D eigenvalue weighted by Crippen LogP contribution is 2.40. The van der Waals surface area contributed by atoms with Gasteiger partial charge in [0.15, 0.2) is 0 Å². The van der Waals surface area contributed by atoms with Gasteiger partial charge in [-0.3, -0.25) is 14.9 Å². The molecule has 0 aromatic heterocycles. The van der Waals surface area contributed by atoms with E-state index in [2.05, 4.69) is 5.32 Å². The van der Waals surface area contributed by atoms with E-state index < -0.39 is 35.2 Å². The molecular formula is C28H30N2O10. The van der Waals surface area contributed by atoms with Crippen molar-refractivity contribution < 1.29 is 43.0 Å². The largest absolute Gasteiger partial charge is 0.513 e. The molecule has 1 aliphatic rings. The third-order valence-corrected chi connectivity index (χ3v) is 5.54. The van der Waals surface area contributed by atoms with Crippen molar-refractivity contribution in [1.82, 2.24) is 5.32 Å². The van der Waals surface area contributed by atoms with Crippen molar-refractivity contribution in [3.63, 3.8) is 0 Å². The molecule has 1 heterocycles. The molecule has 1 N–H and O–H groups in total. The lowest BCUT2D eigenvalue weighted by atomic mass is 9.90. The van der Waals surface area contributed by atoms with Gasteiger partial charge in [-0.25, -0.2) is 9.59 Å². The van der Waals surface area contributed by atoms with E-state index in [-0.39, 0.29) is 36.8 Å². The highest BCUT2D eigenvalue weighted by atomic mass is 16.7. The Labute approximate surface area is 230 Å². The Morgan fingerprint density at radius 3 is 2.20 bits per heavy atom. The molecule has 0 amide bonds. The number of carbonyl (C=O) groups is 3. The van der Waals surface area contributed by atoms with Crippen LogP contribution in [0.4, 0.5) is 15.3 Å². The average molecular weight is 555 g/mol. The lowest BCUT2D eigenvalue weighted by Gasteiger charge is -2.30. The fourth-order valence-electron chi connectivity index (χ4n) is 3.80. The Hall–Kier alpha value is -4.87. The summed E-state index contributed by atoms with van der Waals surface area (Å²) in [5, 5.41) is 14.4. The number of non-ortho nitro benzene ring substituents is 1. The van der Waals surface area contributed by atoms with Crippen molar-refractivity contribution in [2.75, 3.05) is 6.61 Å². The van der Waals surface area contributed by atoms with Crippen LogP contribution in [0.2, 0.25) is 0 Å². The zero-order valence-electron chi connectivity index (χ0n) is 22.5. The number of benzene rings is 2. The van der Waals surface area contributed by atoms with Crippen LogP contribution in [-0.2, 0) is 35.1 Å². The summed E-state index contributed by atoms with van der Waals surface area (Å²) in [6.45, 7) is 6.30. The number of rotatable bonds is 10. The quantitative estimate of drug-likeness (QED) is 0.169. The van der Waals surface area contributed by atoms with E-state index >= 15 is 0 Å². The topological polar surface area (TPSA) is 153 Å². The minimum Gasteiger partial charge on any atom is -0.461 e. The van der Waals surface area contributed by atoms with Crippen LogP contribution in [0.5, 0.6) is 0 Å². The molecule has 12 heteroatoms. The fraction of sp³-hybridized carbons (Fsp3) is 0.321. The van der Waals surface area contributed by atoms with Crippen molar-refractivity contribution in [3.8, 4) is 0 Å². The number of esters is 1. The Kier molecular flexibility index (Phi) is 10.2. The second-order valence-electron chi connectivity index (χ2n) is 9.00. The smallest absolute Gasteiger partial charge is 0.461 e. The minimum atomic E-state index is -1.13. The van der Waals surface area contributed by atoms with Crippen molar-refractivity contribution in [1.29, 1.82) is 0 Å².